The molecule has 1 aliphatic carbocycles. The van der Waals surface area contributed by atoms with Gasteiger partial charge in [0.15, 0.2) is 0 Å². The van der Waals surface area contributed by atoms with Crippen molar-refractivity contribution in [2.24, 2.45) is 0 Å². The van der Waals surface area contributed by atoms with Crippen LogP contribution in [-0.2, 0) is 17.8 Å². The first-order valence-corrected chi connectivity index (χ1v) is 6.31. The van der Waals surface area contributed by atoms with E-state index in [9.17, 15) is 4.79 Å². The van der Waals surface area contributed by atoms with Gasteiger partial charge in [-0.15, -0.1) is 0 Å². The van der Waals surface area contributed by atoms with E-state index >= 15 is 0 Å². The topological polar surface area (TPSA) is 34.9 Å². The monoisotopic (exact) mass is 268 g/mol. The van der Waals surface area contributed by atoms with Crippen LogP contribution in [0.3, 0.4) is 0 Å². The Morgan fingerprint density at radius 3 is 2.87 bits per heavy atom. The summed E-state index contributed by atoms with van der Waals surface area (Å²) in [7, 11) is 0. The van der Waals surface area contributed by atoms with Gasteiger partial charge in [-0.1, -0.05) is 6.42 Å². The number of rotatable bonds is 1. The average molecular weight is 269 g/mol. The molecular weight excluding hydrogens is 256 g/mol. The lowest BCUT2D eigenvalue weighted by Crippen LogP contribution is -2.18. The number of hydrogen-bond donors (Lipinski definition) is 0. The van der Waals surface area contributed by atoms with E-state index < -0.39 is 0 Å². The number of imidazole rings is 1. The second-order valence-electron chi connectivity index (χ2n) is 4.45. The molecule has 1 saturated carbocycles. The van der Waals surface area contributed by atoms with Crippen molar-refractivity contribution in [2.45, 2.75) is 44.6 Å². The molecule has 3 rings (SSSR count). The Morgan fingerprint density at radius 1 is 1.40 bits per heavy atom. The Labute approximate surface area is 97.0 Å². The number of carbonyl (C=O) groups excluding carboxylic acids is 1. The van der Waals surface area contributed by atoms with Crippen LogP contribution in [-0.4, -0.2) is 15.3 Å². The fraction of sp³-hybridized carbons (Fsp3) is 0.636. The zero-order chi connectivity index (χ0) is 10.4. The van der Waals surface area contributed by atoms with Gasteiger partial charge < -0.3 is 4.57 Å². The summed E-state index contributed by atoms with van der Waals surface area (Å²) >= 11 is 3.62. The van der Waals surface area contributed by atoms with Crippen molar-refractivity contribution < 1.29 is 4.79 Å². The van der Waals surface area contributed by atoms with E-state index in [1.165, 1.54) is 25.0 Å². The molecule has 1 fully saturated rings. The van der Waals surface area contributed by atoms with Gasteiger partial charge in [0.2, 0.25) is 0 Å². The molecule has 4 heteroatoms. The van der Waals surface area contributed by atoms with Gasteiger partial charge in [-0.2, -0.15) is 0 Å². The fourth-order valence-corrected chi connectivity index (χ4v) is 3.10. The van der Waals surface area contributed by atoms with E-state index in [2.05, 4.69) is 25.5 Å². The van der Waals surface area contributed by atoms with Crippen molar-refractivity contribution in [3.05, 3.63) is 16.1 Å². The minimum Gasteiger partial charge on any atom is -0.322 e. The zero-order valence-corrected chi connectivity index (χ0v) is 10.1. The molecule has 15 heavy (non-hydrogen) atoms. The van der Waals surface area contributed by atoms with Gasteiger partial charge >= 0.3 is 0 Å². The molecular formula is C11H13BrN2O. The number of aromatic nitrogens is 2. The van der Waals surface area contributed by atoms with Gasteiger partial charge in [0.05, 0.1) is 12.1 Å². The maximum Gasteiger partial charge on any atom is 0.142 e. The second kappa shape index (κ2) is 3.44. The fourth-order valence-electron chi connectivity index (χ4n) is 2.30. The second-order valence-corrected chi connectivity index (χ2v) is 5.20. The van der Waals surface area contributed by atoms with Crippen molar-refractivity contribution in [3.63, 3.8) is 0 Å². The third-order valence-electron chi connectivity index (χ3n) is 3.47. The predicted molar refractivity (Wildman–Crippen MR) is 59.8 cm³/mol. The highest BCUT2D eigenvalue weighted by Gasteiger charge is 2.29. The van der Waals surface area contributed by atoms with Crippen molar-refractivity contribution in [2.75, 3.05) is 0 Å². The van der Waals surface area contributed by atoms with Crippen LogP contribution in [0.4, 0.5) is 0 Å². The summed E-state index contributed by atoms with van der Waals surface area (Å²) in [6, 6.07) is 0. The number of fused-ring (bicyclic) bond motifs is 1. The molecule has 0 unspecified atom stereocenters. The molecule has 2 heterocycles. The predicted octanol–water partition coefficient (Wildman–Crippen LogP) is 2.43. The molecule has 1 aromatic heterocycles. The highest BCUT2D eigenvalue weighted by atomic mass is 79.9. The van der Waals surface area contributed by atoms with Crippen LogP contribution in [0, 0.1) is 0 Å². The van der Waals surface area contributed by atoms with Crippen LogP contribution in [0.2, 0.25) is 0 Å². The molecule has 0 saturated heterocycles. The first-order valence-electron chi connectivity index (χ1n) is 5.52. The summed E-state index contributed by atoms with van der Waals surface area (Å²) in [5.41, 5.74) is 1.19. The summed E-state index contributed by atoms with van der Waals surface area (Å²) in [4.78, 5) is 15.9. The smallest absolute Gasteiger partial charge is 0.142 e. The molecule has 0 amide bonds. The van der Waals surface area contributed by atoms with Gasteiger partial charge in [0.1, 0.15) is 16.2 Å². The third-order valence-corrected chi connectivity index (χ3v) is 4.31. The molecule has 3 nitrogen and oxygen atoms in total. The van der Waals surface area contributed by atoms with Crippen molar-refractivity contribution >= 4 is 21.7 Å². The van der Waals surface area contributed by atoms with Crippen molar-refractivity contribution in [3.8, 4) is 0 Å². The molecule has 0 bridgehead atoms. The molecule has 0 aromatic carbocycles. The number of Topliss-reactive ketones (excluding diaryl/α,β-unsaturated/α-hetero) is 1. The molecule has 80 valence electrons. The minimum absolute atomic E-state index is 0.320. The van der Waals surface area contributed by atoms with Crippen LogP contribution in [0.1, 0.15) is 43.1 Å². The lowest BCUT2D eigenvalue weighted by molar-refractivity contribution is -0.119. The molecule has 0 atom stereocenters. The number of hydrogen-bond acceptors (Lipinski definition) is 2. The average Bonchev–Trinajstić information content (AvgIpc) is 2.41. The summed E-state index contributed by atoms with van der Waals surface area (Å²) < 4.78 is 3.28. The molecule has 0 radical (unpaired) electrons. The van der Waals surface area contributed by atoms with Gasteiger partial charge in [-0.25, -0.2) is 4.98 Å². The van der Waals surface area contributed by atoms with Crippen molar-refractivity contribution in [1.29, 1.82) is 0 Å². The lowest BCUT2D eigenvalue weighted by atomic mass is 9.83. The quantitative estimate of drug-likeness (QED) is 0.784. The van der Waals surface area contributed by atoms with E-state index in [1.54, 1.807) is 0 Å². The summed E-state index contributed by atoms with van der Waals surface area (Å²) in [5.74, 6) is 1.91. The Balaban J connectivity index is 2.00. The molecule has 0 N–H and O–H groups in total. The van der Waals surface area contributed by atoms with E-state index in [0.29, 0.717) is 24.5 Å². The van der Waals surface area contributed by atoms with Gasteiger partial charge in [0.25, 0.3) is 0 Å². The highest BCUT2D eigenvalue weighted by molar-refractivity contribution is 9.10. The number of nitrogens with zero attached hydrogens (tertiary/aromatic N) is 2. The van der Waals surface area contributed by atoms with Crippen molar-refractivity contribution in [1.82, 2.24) is 9.55 Å². The largest absolute Gasteiger partial charge is 0.322 e. The number of halogens is 1. The first kappa shape index (κ1) is 9.58. The van der Waals surface area contributed by atoms with E-state index in [4.69, 9.17) is 0 Å². The van der Waals surface area contributed by atoms with Crippen LogP contribution in [0.25, 0.3) is 0 Å². The normalized spacial score (nSPS) is 21.3. The molecule has 1 aliphatic heterocycles. The lowest BCUT2D eigenvalue weighted by Gasteiger charge is -2.23. The maximum absolute atomic E-state index is 11.3. The molecule has 1 aromatic rings. The number of carbonyl (C=O) groups is 1. The van der Waals surface area contributed by atoms with E-state index in [0.717, 1.165) is 17.0 Å². The standard InChI is InChI=1S/C11H13BrN2O/c12-11-10(7-2-1-3-7)13-9-6-8(15)4-5-14(9)11/h7H,1-6H2. The Morgan fingerprint density at radius 2 is 2.20 bits per heavy atom. The number of ketones is 1. The molecule has 2 aliphatic rings. The highest BCUT2D eigenvalue weighted by Crippen LogP contribution is 2.40. The molecule has 0 spiro atoms. The first-order chi connectivity index (χ1) is 7.25. The Bertz CT molecular complexity index is 420. The van der Waals surface area contributed by atoms with Gasteiger partial charge in [-0.3, -0.25) is 4.79 Å². The van der Waals surface area contributed by atoms with Gasteiger partial charge in [0, 0.05) is 18.9 Å². The summed E-state index contributed by atoms with van der Waals surface area (Å²) in [6.07, 6.45) is 5.00. The SMILES string of the molecule is O=C1CCn2c(nc(C3CCC3)c2Br)C1. The minimum atomic E-state index is 0.320. The Kier molecular flexibility index (Phi) is 2.20. The van der Waals surface area contributed by atoms with Crippen LogP contribution >= 0.6 is 15.9 Å². The van der Waals surface area contributed by atoms with E-state index in [-0.39, 0.29) is 0 Å². The van der Waals surface area contributed by atoms with E-state index in [1.807, 2.05) is 0 Å². The van der Waals surface area contributed by atoms with Crippen LogP contribution in [0.5, 0.6) is 0 Å². The Hall–Kier alpha value is -0.640. The summed E-state index contributed by atoms with van der Waals surface area (Å²) in [6.45, 7) is 0.800. The third kappa shape index (κ3) is 1.46. The van der Waals surface area contributed by atoms with Crippen LogP contribution < -0.4 is 0 Å². The summed E-state index contributed by atoms with van der Waals surface area (Å²) in [5, 5.41) is 0. The van der Waals surface area contributed by atoms with Crippen LogP contribution in [0.15, 0.2) is 4.60 Å². The van der Waals surface area contributed by atoms with Gasteiger partial charge in [-0.05, 0) is 28.8 Å². The zero-order valence-electron chi connectivity index (χ0n) is 8.50. The maximum atomic E-state index is 11.3.